The number of nitrogens with one attached hydrogen (secondary N) is 1. The van der Waals surface area contributed by atoms with Gasteiger partial charge in [0.2, 0.25) is 0 Å². The minimum Gasteiger partial charge on any atom is -0.381 e. The summed E-state index contributed by atoms with van der Waals surface area (Å²) in [5.74, 6) is 0.792. The molecule has 1 aromatic rings. The van der Waals surface area contributed by atoms with Crippen LogP contribution in [-0.2, 0) is 17.6 Å². The van der Waals surface area contributed by atoms with Crippen LogP contribution in [0, 0.1) is 5.92 Å². The summed E-state index contributed by atoms with van der Waals surface area (Å²) < 4.78 is 5.38. The van der Waals surface area contributed by atoms with E-state index in [0.29, 0.717) is 0 Å². The molecule has 2 heterocycles. The van der Waals surface area contributed by atoms with Crippen molar-refractivity contribution in [3.8, 4) is 0 Å². The zero-order valence-corrected chi connectivity index (χ0v) is 11.4. The van der Waals surface area contributed by atoms with Crippen LogP contribution in [0.3, 0.4) is 0 Å². The van der Waals surface area contributed by atoms with Crippen molar-refractivity contribution in [2.24, 2.45) is 5.92 Å². The van der Waals surface area contributed by atoms with Gasteiger partial charge in [-0.15, -0.1) is 11.3 Å². The molecular formula is C13H22N2OS. The number of rotatable bonds is 6. The van der Waals surface area contributed by atoms with Gasteiger partial charge >= 0.3 is 0 Å². The fourth-order valence-corrected chi connectivity index (χ4v) is 3.27. The Hall–Kier alpha value is -0.450. The van der Waals surface area contributed by atoms with Crippen molar-refractivity contribution < 1.29 is 4.74 Å². The summed E-state index contributed by atoms with van der Waals surface area (Å²) in [4.78, 5) is 5.98. The van der Waals surface area contributed by atoms with E-state index in [2.05, 4.69) is 16.5 Å². The summed E-state index contributed by atoms with van der Waals surface area (Å²) in [7, 11) is 2.00. The van der Waals surface area contributed by atoms with Crippen molar-refractivity contribution in [1.82, 2.24) is 10.3 Å². The Bertz CT molecular complexity index is 321. The smallest absolute Gasteiger partial charge is 0.0930 e. The van der Waals surface area contributed by atoms with E-state index in [1.54, 1.807) is 0 Å². The van der Waals surface area contributed by atoms with Crippen LogP contribution in [0.5, 0.6) is 0 Å². The van der Waals surface area contributed by atoms with Gasteiger partial charge in [0.1, 0.15) is 0 Å². The average molecular weight is 254 g/mol. The summed E-state index contributed by atoms with van der Waals surface area (Å²) >= 11 is 1.90. The van der Waals surface area contributed by atoms with E-state index < -0.39 is 0 Å². The van der Waals surface area contributed by atoms with E-state index in [1.165, 1.54) is 29.1 Å². The predicted molar refractivity (Wildman–Crippen MR) is 71.6 cm³/mol. The number of aromatic nitrogens is 1. The molecule has 1 N–H and O–H groups in total. The molecule has 0 saturated carbocycles. The Labute approximate surface area is 108 Å². The highest BCUT2D eigenvalue weighted by molar-refractivity contribution is 7.11. The van der Waals surface area contributed by atoms with Gasteiger partial charge in [-0.3, -0.25) is 0 Å². The van der Waals surface area contributed by atoms with Crippen LogP contribution in [0.25, 0.3) is 0 Å². The zero-order chi connectivity index (χ0) is 11.9. The van der Waals surface area contributed by atoms with Gasteiger partial charge in [-0.2, -0.15) is 0 Å². The van der Waals surface area contributed by atoms with Crippen LogP contribution in [0.15, 0.2) is 6.20 Å². The summed E-state index contributed by atoms with van der Waals surface area (Å²) in [6, 6.07) is 0. The van der Waals surface area contributed by atoms with Gasteiger partial charge in [-0.05, 0) is 45.2 Å². The second-order valence-corrected chi connectivity index (χ2v) is 5.89. The van der Waals surface area contributed by atoms with Crippen molar-refractivity contribution in [3.05, 3.63) is 16.1 Å². The number of ether oxygens (including phenoxy) is 1. The molecule has 2 rings (SSSR count). The largest absolute Gasteiger partial charge is 0.381 e. The Morgan fingerprint density at radius 3 is 3.06 bits per heavy atom. The topological polar surface area (TPSA) is 34.2 Å². The number of thiazole rings is 1. The van der Waals surface area contributed by atoms with Gasteiger partial charge in [-0.1, -0.05) is 0 Å². The van der Waals surface area contributed by atoms with Crippen molar-refractivity contribution in [2.75, 3.05) is 26.8 Å². The molecule has 0 aromatic carbocycles. The molecule has 17 heavy (non-hydrogen) atoms. The Kier molecular flexibility index (Phi) is 5.42. The second-order valence-electron chi connectivity index (χ2n) is 4.69. The second kappa shape index (κ2) is 7.09. The van der Waals surface area contributed by atoms with Crippen LogP contribution in [-0.4, -0.2) is 31.8 Å². The molecule has 0 atom stereocenters. The van der Waals surface area contributed by atoms with Gasteiger partial charge in [-0.25, -0.2) is 4.98 Å². The van der Waals surface area contributed by atoms with Gasteiger partial charge in [0.05, 0.1) is 5.01 Å². The van der Waals surface area contributed by atoms with Crippen molar-refractivity contribution in [2.45, 2.75) is 32.1 Å². The van der Waals surface area contributed by atoms with Gasteiger partial charge in [0, 0.05) is 30.7 Å². The van der Waals surface area contributed by atoms with Crippen LogP contribution in [0.4, 0.5) is 0 Å². The predicted octanol–water partition coefficient (Wildman–Crippen LogP) is 2.26. The Morgan fingerprint density at radius 1 is 1.47 bits per heavy atom. The monoisotopic (exact) mass is 254 g/mol. The fourth-order valence-electron chi connectivity index (χ4n) is 2.19. The molecule has 1 aromatic heterocycles. The van der Waals surface area contributed by atoms with E-state index in [9.17, 15) is 0 Å². The molecule has 96 valence electrons. The van der Waals surface area contributed by atoms with Crippen LogP contribution >= 0.6 is 11.3 Å². The highest BCUT2D eigenvalue weighted by atomic mass is 32.1. The molecule has 0 amide bonds. The molecule has 0 radical (unpaired) electrons. The number of aryl methyl sites for hydroxylation is 1. The lowest BCUT2D eigenvalue weighted by atomic mass is 9.97. The van der Waals surface area contributed by atoms with Gasteiger partial charge in [0.15, 0.2) is 0 Å². The molecule has 1 aliphatic heterocycles. The highest BCUT2D eigenvalue weighted by Crippen LogP contribution is 2.23. The fraction of sp³-hybridized carbons (Fsp3) is 0.769. The van der Waals surface area contributed by atoms with Gasteiger partial charge < -0.3 is 10.1 Å². The summed E-state index contributed by atoms with van der Waals surface area (Å²) in [6.45, 7) is 2.96. The zero-order valence-electron chi connectivity index (χ0n) is 10.6. The van der Waals surface area contributed by atoms with Gasteiger partial charge in [0.25, 0.3) is 0 Å². The van der Waals surface area contributed by atoms with Crippen LogP contribution in [0.1, 0.15) is 29.1 Å². The number of hydrogen-bond donors (Lipinski definition) is 1. The lowest BCUT2D eigenvalue weighted by Crippen LogP contribution is -2.17. The third-order valence-electron chi connectivity index (χ3n) is 3.26. The molecule has 0 aliphatic carbocycles. The molecular weight excluding hydrogens is 232 g/mol. The van der Waals surface area contributed by atoms with E-state index in [1.807, 2.05) is 18.4 Å². The van der Waals surface area contributed by atoms with Crippen molar-refractivity contribution in [3.63, 3.8) is 0 Å². The maximum absolute atomic E-state index is 5.38. The first kappa shape index (κ1) is 13.0. The van der Waals surface area contributed by atoms with Crippen LogP contribution in [0.2, 0.25) is 0 Å². The Morgan fingerprint density at radius 2 is 2.29 bits per heavy atom. The molecule has 0 spiro atoms. The number of nitrogens with zero attached hydrogens (tertiary/aromatic N) is 1. The highest BCUT2D eigenvalue weighted by Gasteiger charge is 2.15. The maximum Gasteiger partial charge on any atom is 0.0930 e. The molecule has 1 aliphatic rings. The van der Waals surface area contributed by atoms with Crippen LogP contribution < -0.4 is 5.32 Å². The first-order chi connectivity index (χ1) is 8.38. The third kappa shape index (κ3) is 4.37. The quantitative estimate of drug-likeness (QED) is 0.791. The lowest BCUT2D eigenvalue weighted by molar-refractivity contribution is 0.0665. The molecule has 4 heteroatoms. The summed E-state index contributed by atoms with van der Waals surface area (Å²) in [5.41, 5.74) is 0. The Balaban J connectivity index is 1.76. The molecule has 3 nitrogen and oxygen atoms in total. The first-order valence-corrected chi connectivity index (χ1v) is 7.36. The number of hydrogen-bond acceptors (Lipinski definition) is 4. The summed E-state index contributed by atoms with van der Waals surface area (Å²) in [6.07, 6.45) is 7.99. The SMILES string of the molecule is CNCCCc1cnc(CC2CCOCC2)s1. The molecule has 1 saturated heterocycles. The van der Waals surface area contributed by atoms with Crippen molar-refractivity contribution >= 4 is 11.3 Å². The standard InChI is InChI=1S/C13H22N2OS/c1-14-6-2-3-12-10-15-13(17-12)9-11-4-7-16-8-5-11/h10-11,14H,2-9H2,1H3. The van der Waals surface area contributed by atoms with Crippen molar-refractivity contribution in [1.29, 1.82) is 0 Å². The lowest BCUT2D eigenvalue weighted by Gasteiger charge is -2.20. The molecule has 1 fully saturated rings. The minimum absolute atomic E-state index is 0.792. The summed E-state index contributed by atoms with van der Waals surface area (Å²) in [5, 5.41) is 4.50. The molecule has 0 unspecified atom stereocenters. The minimum atomic E-state index is 0.792. The maximum atomic E-state index is 5.38. The average Bonchev–Trinajstić information content (AvgIpc) is 2.79. The molecule has 0 bridgehead atoms. The van der Waals surface area contributed by atoms with E-state index in [0.717, 1.165) is 38.5 Å². The third-order valence-corrected chi connectivity index (χ3v) is 4.33. The normalized spacial score (nSPS) is 17.5. The van der Waals surface area contributed by atoms with E-state index in [-0.39, 0.29) is 0 Å². The van der Waals surface area contributed by atoms with E-state index >= 15 is 0 Å². The first-order valence-electron chi connectivity index (χ1n) is 6.54. The van der Waals surface area contributed by atoms with E-state index in [4.69, 9.17) is 4.74 Å².